The average Bonchev–Trinajstić information content (AvgIpc) is 3.13. The Morgan fingerprint density at radius 1 is 1.12 bits per heavy atom. The van der Waals surface area contributed by atoms with Gasteiger partial charge in [0, 0.05) is 18.3 Å². The maximum Gasteiger partial charge on any atom is 0.268 e. The molecule has 0 saturated heterocycles. The van der Waals surface area contributed by atoms with Gasteiger partial charge in [-0.25, -0.2) is 12.4 Å². The van der Waals surface area contributed by atoms with Gasteiger partial charge in [-0.1, -0.05) is 31.5 Å². The van der Waals surface area contributed by atoms with Crippen LogP contribution in [0.1, 0.15) is 40.6 Å². The fraction of sp³-hybridized carbons (Fsp3) is 0.263. The first-order chi connectivity index (χ1) is 12.4. The predicted octanol–water partition coefficient (Wildman–Crippen LogP) is 2.38. The summed E-state index contributed by atoms with van der Waals surface area (Å²) in [5.74, 6) is -0.405. The van der Waals surface area contributed by atoms with Crippen molar-refractivity contribution in [3.05, 3.63) is 65.1 Å². The third kappa shape index (κ3) is 2.34. The van der Waals surface area contributed by atoms with Crippen molar-refractivity contribution in [2.45, 2.75) is 24.7 Å². The van der Waals surface area contributed by atoms with Gasteiger partial charge < -0.3 is 5.32 Å². The van der Waals surface area contributed by atoms with E-state index in [2.05, 4.69) is 5.32 Å². The lowest BCUT2D eigenvalue weighted by molar-refractivity contribution is 0.0952. The fourth-order valence-electron chi connectivity index (χ4n) is 3.54. The molecule has 134 valence electrons. The highest BCUT2D eigenvalue weighted by Crippen LogP contribution is 2.34. The van der Waals surface area contributed by atoms with E-state index < -0.39 is 15.8 Å². The van der Waals surface area contributed by atoms with Gasteiger partial charge in [0.05, 0.1) is 16.2 Å². The average molecular weight is 370 g/mol. The number of ketones is 2. The number of allylic oxidation sites excluding steroid dienone is 2. The molecule has 1 unspecified atom stereocenters. The summed E-state index contributed by atoms with van der Waals surface area (Å²) in [6.45, 7) is 2.65. The molecular formula is C19H18N2O4S. The zero-order chi connectivity index (χ0) is 18.5. The quantitative estimate of drug-likeness (QED) is 0.897. The van der Waals surface area contributed by atoms with Crippen molar-refractivity contribution in [2.24, 2.45) is 5.92 Å². The molecule has 1 atom stereocenters. The van der Waals surface area contributed by atoms with Crippen molar-refractivity contribution in [3.63, 3.8) is 0 Å². The summed E-state index contributed by atoms with van der Waals surface area (Å²) >= 11 is 0. The van der Waals surface area contributed by atoms with Crippen molar-refractivity contribution in [2.75, 3.05) is 6.54 Å². The van der Waals surface area contributed by atoms with Crippen LogP contribution < -0.4 is 5.32 Å². The third-order valence-electron chi connectivity index (χ3n) is 5.05. The molecule has 1 aliphatic heterocycles. The smallest absolute Gasteiger partial charge is 0.268 e. The van der Waals surface area contributed by atoms with Crippen molar-refractivity contribution in [1.29, 1.82) is 0 Å². The maximum absolute atomic E-state index is 13.0. The standard InChI is InChI=1S/C19H18N2O4S/c1-2-12-10-15-16(20-11-12)19(23)17-14(18(15)22)8-9-21(17)26(24,25)13-6-4-3-5-7-13/h3-9,12,20H,2,10-11H2,1H3. The molecule has 0 saturated carbocycles. The lowest BCUT2D eigenvalue weighted by Crippen LogP contribution is -2.39. The molecule has 26 heavy (non-hydrogen) atoms. The molecule has 2 aliphatic rings. The Labute approximate surface area is 151 Å². The van der Waals surface area contributed by atoms with Crippen molar-refractivity contribution in [3.8, 4) is 0 Å². The molecule has 1 aromatic carbocycles. The van der Waals surface area contributed by atoms with Crippen LogP contribution in [0.2, 0.25) is 0 Å². The summed E-state index contributed by atoms with van der Waals surface area (Å²) < 4.78 is 26.8. The minimum atomic E-state index is -3.95. The van der Waals surface area contributed by atoms with E-state index in [9.17, 15) is 18.0 Å². The van der Waals surface area contributed by atoms with Gasteiger partial charge >= 0.3 is 0 Å². The van der Waals surface area contributed by atoms with Crippen LogP contribution in [-0.2, 0) is 10.0 Å². The van der Waals surface area contributed by atoms with Gasteiger partial charge in [0.2, 0.25) is 5.78 Å². The zero-order valence-electron chi connectivity index (χ0n) is 14.2. The topological polar surface area (TPSA) is 85.2 Å². The first kappa shape index (κ1) is 16.8. The number of carbonyl (C=O) groups excluding carboxylic acids is 2. The van der Waals surface area contributed by atoms with Gasteiger partial charge in [-0.05, 0) is 30.5 Å². The van der Waals surface area contributed by atoms with Crippen LogP contribution in [0.25, 0.3) is 0 Å². The Bertz CT molecular complexity index is 1050. The molecule has 2 aromatic rings. The van der Waals surface area contributed by atoms with Crippen LogP contribution >= 0.6 is 0 Å². The molecule has 7 heteroatoms. The molecule has 2 heterocycles. The maximum atomic E-state index is 13.0. The summed E-state index contributed by atoms with van der Waals surface area (Å²) in [5.41, 5.74) is 0.790. The first-order valence-corrected chi connectivity index (χ1v) is 9.97. The van der Waals surface area contributed by atoms with E-state index in [0.29, 0.717) is 24.5 Å². The van der Waals surface area contributed by atoms with E-state index in [1.807, 2.05) is 6.92 Å². The van der Waals surface area contributed by atoms with E-state index >= 15 is 0 Å². The van der Waals surface area contributed by atoms with Crippen LogP contribution in [0, 0.1) is 5.92 Å². The molecule has 1 N–H and O–H groups in total. The molecule has 6 nitrogen and oxygen atoms in total. The second-order valence-electron chi connectivity index (χ2n) is 6.56. The van der Waals surface area contributed by atoms with Gasteiger partial charge in [-0.2, -0.15) is 0 Å². The van der Waals surface area contributed by atoms with Crippen LogP contribution in [0.3, 0.4) is 0 Å². The lowest BCUT2D eigenvalue weighted by Gasteiger charge is -2.29. The molecule has 1 aliphatic carbocycles. The van der Waals surface area contributed by atoms with Crippen molar-refractivity contribution >= 4 is 21.6 Å². The Hall–Kier alpha value is -2.67. The van der Waals surface area contributed by atoms with E-state index in [1.165, 1.54) is 24.4 Å². The van der Waals surface area contributed by atoms with Crippen LogP contribution in [0.5, 0.6) is 0 Å². The second kappa shape index (κ2) is 5.95. The number of carbonyl (C=O) groups is 2. The first-order valence-electron chi connectivity index (χ1n) is 8.53. The molecule has 1 aromatic heterocycles. The van der Waals surface area contributed by atoms with Crippen molar-refractivity contribution < 1.29 is 18.0 Å². The van der Waals surface area contributed by atoms with E-state index in [1.54, 1.807) is 18.2 Å². The Balaban J connectivity index is 1.85. The fourth-order valence-corrected chi connectivity index (χ4v) is 4.91. The van der Waals surface area contributed by atoms with Gasteiger partial charge in [-0.15, -0.1) is 0 Å². The normalized spacial score (nSPS) is 19.8. The molecule has 0 spiro atoms. The Kier molecular flexibility index (Phi) is 3.84. The number of nitrogens with zero attached hydrogens (tertiary/aromatic N) is 1. The molecule has 0 amide bonds. The molecule has 0 radical (unpaired) electrons. The van der Waals surface area contributed by atoms with Crippen molar-refractivity contribution in [1.82, 2.24) is 9.29 Å². The number of aromatic nitrogens is 1. The monoisotopic (exact) mass is 370 g/mol. The molecule has 4 rings (SSSR count). The SMILES string of the molecule is CCC1CNC2=C(C1)C(=O)c1ccn(S(=O)(=O)c3ccccc3)c1C2=O. The Morgan fingerprint density at radius 3 is 2.54 bits per heavy atom. The number of fused-ring (bicyclic) bond motifs is 1. The second-order valence-corrected chi connectivity index (χ2v) is 8.38. The van der Waals surface area contributed by atoms with Gasteiger partial charge in [-0.3, -0.25) is 9.59 Å². The molecular weight excluding hydrogens is 352 g/mol. The highest BCUT2D eigenvalue weighted by atomic mass is 32.2. The van der Waals surface area contributed by atoms with E-state index in [4.69, 9.17) is 0 Å². The minimum absolute atomic E-state index is 0.0704. The van der Waals surface area contributed by atoms with Crippen LogP contribution in [0.15, 0.2) is 58.8 Å². The molecule has 0 bridgehead atoms. The number of hydrogen-bond acceptors (Lipinski definition) is 5. The van der Waals surface area contributed by atoms with Gasteiger partial charge in [0.1, 0.15) is 5.69 Å². The number of hydrogen-bond donors (Lipinski definition) is 1. The Morgan fingerprint density at radius 2 is 1.85 bits per heavy atom. The lowest BCUT2D eigenvalue weighted by atomic mass is 9.82. The highest BCUT2D eigenvalue weighted by Gasteiger charge is 2.39. The minimum Gasteiger partial charge on any atom is -0.381 e. The third-order valence-corrected chi connectivity index (χ3v) is 6.74. The number of nitrogens with one attached hydrogen (secondary N) is 1. The van der Waals surface area contributed by atoms with Crippen LogP contribution in [0.4, 0.5) is 0 Å². The van der Waals surface area contributed by atoms with Gasteiger partial charge in [0.25, 0.3) is 10.0 Å². The predicted molar refractivity (Wildman–Crippen MR) is 95.5 cm³/mol. The largest absolute Gasteiger partial charge is 0.381 e. The summed E-state index contributed by atoms with van der Waals surface area (Å²) in [7, 11) is -3.95. The van der Waals surface area contributed by atoms with Gasteiger partial charge in [0.15, 0.2) is 5.78 Å². The summed E-state index contributed by atoms with van der Waals surface area (Å²) in [5, 5.41) is 3.05. The summed E-state index contributed by atoms with van der Waals surface area (Å²) in [6.07, 6.45) is 2.74. The summed E-state index contributed by atoms with van der Waals surface area (Å²) in [4.78, 5) is 25.9. The number of rotatable bonds is 3. The van der Waals surface area contributed by atoms with Crippen LogP contribution in [-0.4, -0.2) is 30.5 Å². The molecule has 0 fully saturated rings. The number of Topliss-reactive ketones (excluding diaryl/α,β-unsaturated/α-hetero) is 2. The van der Waals surface area contributed by atoms with E-state index in [-0.39, 0.29) is 27.6 Å². The highest BCUT2D eigenvalue weighted by molar-refractivity contribution is 7.90. The van der Waals surface area contributed by atoms with E-state index in [0.717, 1.165) is 10.4 Å². The summed E-state index contributed by atoms with van der Waals surface area (Å²) in [6, 6.07) is 9.30. The number of benzene rings is 1. The zero-order valence-corrected chi connectivity index (χ0v) is 15.0.